The number of ether oxygens (including phenoxy) is 4. The number of phenolic OH excluding ortho intramolecular Hbond substituents is 1. The van der Waals surface area contributed by atoms with Crippen LogP contribution in [0, 0.1) is 0 Å². The SMILES string of the molecule is COC(=O)c1ccc(NC(=O)/C=C/c2cc(OC)c(OC)c(OC)c2)c(O)c1. The van der Waals surface area contributed by atoms with Gasteiger partial charge in [0.05, 0.1) is 39.7 Å². The Hall–Kier alpha value is -3.68. The summed E-state index contributed by atoms with van der Waals surface area (Å²) in [6, 6.07) is 7.43. The molecule has 0 aliphatic carbocycles. The maximum Gasteiger partial charge on any atom is 0.337 e. The Morgan fingerprint density at radius 1 is 0.964 bits per heavy atom. The predicted octanol–water partition coefficient (Wildman–Crippen LogP) is 2.86. The Balaban J connectivity index is 2.17. The van der Waals surface area contributed by atoms with Gasteiger partial charge in [-0.05, 0) is 42.0 Å². The van der Waals surface area contributed by atoms with Crippen molar-refractivity contribution in [2.45, 2.75) is 0 Å². The number of benzene rings is 2. The van der Waals surface area contributed by atoms with E-state index in [1.54, 1.807) is 18.2 Å². The largest absolute Gasteiger partial charge is 0.506 e. The fourth-order valence-electron chi connectivity index (χ4n) is 2.43. The minimum absolute atomic E-state index is 0.159. The summed E-state index contributed by atoms with van der Waals surface area (Å²) in [6.07, 6.45) is 2.84. The molecular formula is C20H21NO7. The Morgan fingerprint density at radius 2 is 1.61 bits per heavy atom. The second-order valence-corrected chi connectivity index (χ2v) is 5.50. The van der Waals surface area contributed by atoms with Crippen molar-refractivity contribution in [3.8, 4) is 23.0 Å². The van der Waals surface area contributed by atoms with Crippen LogP contribution in [0.2, 0.25) is 0 Å². The van der Waals surface area contributed by atoms with Crippen LogP contribution in [0.3, 0.4) is 0 Å². The maximum absolute atomic E-state index is 12.2. The van der Waals surface area contributed by atoms with Crippen molar-refractivity contribution in [3.63, 3.8) is 0 Å². The first-order chi connectivity index (χ1) is 13.4. The third-order valence-corrected chi connectivity index (χ3v) is 3.79. The van der Waals surface area contributed by atoms with Gasteiger partial charge in [-0.1, -0.05) is 0 Å². The zero-order valence-corrected chi connectivity index (χ0v) is 15.9. The van der Waals surface area contributed by atoms with Crippen molar-refractivity contribution in [1.82, 2.24) is 0 Å². The van der Waals surface area contributed by atoms with Gasteiger partial charge in [0.1, 0.15) is 5.75 Å². The number of hydrogen-bond acceptors (Lipinski definition) is 7. The predicted molar refractivity (Wildman–Crippen MR) is 103 cm³/mol. The second kappa shape index (κ2) is 9.31. The first kappa shape index (κ1) is 20.6. The monoisotopic (exact) mass is 387 g/mol. The highest BCUT2D eigenvalue weighted by atomic mass is 16.5. The third-order valence-electron chi connectivity index (χ3n) is 3.79. The van der Waals surface area contributed by atoms with Gasteiger partial charge in [-0.15, -0.1) is 0 Å². The number of carbonyl (C=O) groups is 2. The quantitative estimate of drug-likeness (QED) is 0.428. The van der Waals surface area contributed by atoms with Gasteiger partial charge in [-0.2, -0.15) is 0 Å². The number of amides is 1. The van der Waals surface area contributed by atoms with Gasteiger partial charge in [0.25, 0.3) is 0 Å². The first-order valence-corrected chi connectivity index (χ1v) is 8.13. The van der Waals surface area contributed by atoms with E-state index in [0.717, 1.165) is 0 Å². The fraction of sp³-hybridized carbons (Fsp3) is 0.200. The lowest BCUT2D eigenvalue weighted by Crippen LogP contribution is -2.08. The minimum atomic E-state index is -0.588. The molecule has 0 aliphatic heterocycles. The van der Waals surface area contributed by atoms with Crippen LogP contribution >= 0.6 is 0 Å². The number of rotatable bonds is 7. The van der Waals surface area contributed by atoms with Crippen LogP contribution in [-0.4, -0.2) is 45.4 Å². The zero-order valence-electron chi connectivity index (χ0n) is 15.9. The summed E-state index contributed by atoms with van der Waals surface area (Å²) in [4.78, 5) is 23.6. The molecule has 0 heterocycles. The molecule has 1 amide bonds. The van der Waals surface area contributed by atoms with E-state index < -0.39 is 11.9 Å². The lowest BCUT2D eigenvalue weighted by atomic mass is 10.1. The van der Waals surface area contributed by atoms with Crippen LogP contribution in [0.4, 0.5) is 5.69 Å². The molecule has 0 atom stereocenters. The lowest BCUT2D eigenvalue weighted by molar-refractivity contribution is -0.111. The molecule has 148 valence electrons. The molecule has 0 radical (unpaired) electrons. The van der Waals surface area contributed by atoms with Crippen LogP contribution in [0.25, 0.3) is 6.08 Å². The van der Waals surface area contributed by atoms with Crippen LogP contribution in [0.5, 0.6) is 23.0 Å². The van der Waals surface area contributed by atoms with E-state index in [1.807, 2.05) is 0 Å². The van der Waals surface area contributed by atoms with Crippen molar-refractivity contribution >= 4 is 23.6 Å². The summed E-state index contributed by atoms with van der Waals surface area (Å²) in [7, 11) is 5.74. The average Bonchev–Trinajstić information content (AvgIpc) is 2.72. The minimum Gasteiger partial charge on any atom is -0.506 e. The molecule has 28 heavy (non-hydrogen) atoms. The number of carbonyl (C=O) groups excluding carboxylic acids is 2. The summed E-state index contributed by atoms with van der Waals surface area (Å²) in [5, 5.41) is 12.5. The number of methoxy groups -OCH3 is 4. The molecule has 2 aromatic rings. The maximum atomic E-state index is 12.2. The number of phenols is 1. The lowest BCUT2D eigenvalue weighted by Gasteiger charge is -2.12. The van der Waals surface area contributed by atoms with E-state index in [1.165, 1.54) is 52.7 Å². The van der Waals surface area contributed by atoms with Crippen molar-refractivity contribution in [1.29, 1.82) is 0 Å². The highest BCUT2D eigenvalue weighted by Crippen LogP contribution is 2.38. The molecular weight excluding hydrogens is 366 g/mol. The van der Waals surface area contributed by atoms with E-state index in [9.17, 15) is 14.7 Å². The second-order valence-electron chi connectivity index (χ2n) is 5.50. The van der Waals surface area contributed by atoms with Crippen LogP contribution in [-0.2, 0) is 9.53 Å². The van der Waals surface area contributed by atoms with Crippen LogP contribution in [0.15, 0.2) is 36.4 Å². The number of anilines is 1. The average molecular weight is 387 g/mol. The van der Waals surface area contributed by atoms with Gasteiger partial charge in [0, 0.05) is 6.08 Å². The van der Waals surface area contributed by atoms with E-state index in [2.05, 4.69) is 10.1 Å². The topological polar surface area (TPSA) is 103 Å². The fourth-order valence-corrected chi connectivity index (χ4v) is 2.43. The summed E-state index contributed by atoms with van der Waals surface area (Å²) in [6.45, 7) is 0. The van der Waals surface area contributed by atoms with Gasteiger partial charge < -0.3 is 29.4 Å². The molecule has 2 rings (SSSR count). The molecule has 0 unspecified atom stereocenters. The Bertz CT molecular complexity index is 880. The Kier molecular flexibility index (Phi) is 6.86. The van der Waals surface area contributed by atoms with E-state index >= 15 is 0 Å². The summed E-state index contributed by atoms with van der Waals surface area (Å²) < 4.78 is 20.4. The van der Waals surface area contributed by atoms with Gasteiger partial charge in [-0.3, -0.25) is 4.79 Å². The molecule has 0 bridgehead atoms. The summed E-state index contributed by atoms with van der Waals surface area (Å²) >= 11 is 0. The summed E-state index contributed by atoms with van der Waals surface area (Å²) in [5.74, 6) is 0.0425. The molecule has 0 aromatic heterocycles. The normalized spacial score (nSPS) is 10.4. The van der Waals surface area contributed by atoms with Crippen LogP contribution < -0.4 is 19.5 Å². The van der Waals surface area contributed by atoms with Crippen LogP contribution in [0.1, 0.15) is 15.9 Å². The van der Waals surface area contributed by atoms with Crippen molar-refractivity contribution in [3.05, 3.63) is 47.5 Å². The molecule has 2 N–H and O–H groups in total. The number of esters is 1. The van der Waals surface area contributed by atoms with E-state index in [0.29, 0.717) is 22.8 Å². The molecule has 0 saturated heterocycles. The standard InChI is InChI=1S/C20H21NO7/c1-25-16-9-12(10-17(26-2)19(16)27-3)5-8-18(23)21-14-7-6-13(11-15(14)22)20(24)28-4/h5-11,22H,1-4H3,(H,21,23)/b8-5+. The molecule has 8 heteroatoms. The molecule has 0 saturated carbocycles. The van der Waals surface area contributed by atoms with Gasteiger partial charge in [-0.25, -0.2) is 4.79 Å². The molecule has 2 aromatic carbocycles. The van der Waals surface area contributed by atoms with E-state index in [4.69, 9.17) is 14.2 Å². The molecule has 0 spiro atoms. The zero-order chi connectivity index (χ0) is 20.7. The van der Waals surface area contributed by atoms with Crippen molar-refractivity contribution in [2.24, 2.45) is 0 Å². The molecule has 8 nitrogen and oxygen atoms in total. The third kappa shape index (κ3) is 4.73. The highest BCUT2D eigenvalue weighted by molar-refractivity contribution is 6.03. The van der Waals surface area contributed by atoms with Crippen molar-refractivity contribution in [2.75, 3.05) is 33.8 Å². The smallest absolute Gasteiger partial charge is 0.337 e. The van der Waals surface area contributed by atoms with Crippen molar-refractivity contribution < 1.29 is 33.6 Å². The van der Waals surface area contributed by atoms with E-state index in [-0.39, 0.29) is 17.0 Å². The number of hydrogen-bond donors (Lipinski definition) is 2. The number of aromatic hydroxyl groups is 1. The van der Waals surface area contributed by atoms with Gasteiger partial charge >= 0.3 is 5.97 Å². The Morgan fingerprint density at radius 3 is 2.11 bits per heavy atom. The summed E-state index contributed by atoms with van der Waals surface area (Å²) in [5.41, 5.74) is 0.980. The number of nitrogens with one attached hydrogen (secondary N) is 1. The highest BCUT2D eigenvalue weighted by Gasteiger charge is 2.13. The molecule has 0 fully saturated rings. The van der Waals surface area contributed by atoms with Gasteiger partial charge in [0.2, 0.25) is 11.7 Å². The molecule has 0 aliphatic rings. The van der Waals surface area contributed by atoms with Gasteiger partial charge in [0.15, 0.2) is 11.5 Å². The first-order valence-electron chi connectivity index (χ1n) is 8.13. The Labute approximate surface area is 162 Å².